The van der Waals surface area contributed by atoms with Gasteiger partial charge in [0.25, 0.3) is 0 Å². The fourth-order valence-corrected chi connectivity index (χ4v) is 1.36. The van der Waals surface area contributed by atoms with E-state index in [0.717, 1.165) is 4.90 Å². The molecule has 0 rings (SSSR count). The van der Waals surface area contributed by atoms with Gasteiger partial charge in [0.15, 0.2) is 0 Å². The van der Waals surface area contributed by atoms with Gasteiger partial charge in [0, 0.05) is 0 Å². The van der Waals surface area contributed by atoms with Crippen molar-refractivity contribution >= 4 is 33.8 Å². The summed E-state index contributed by atoms with van der Waals surface area (Å²) in [4.78, 5) is 34.3. The summed E-state index contributed by atoms with van der Waals surface area (Å²) in [7, 11) is 0. The summed E-state index contributed by atoms with van der Waals surface area (Å²) in [6.07, 6.45) is 0. The van der Waals surface area contributed by atoms with Crippen LogP contribution in [0.5, 0.6) is 0 Å². The van der Waals surface area contributed by atoms with Crippen LogP contribution >= 0.6 is 15.9 Å². The second-order valence-electron chi connectivity index (χ2n) is 4.36. The number of amides is 1. The van der Waals surface area contributed by atoms with Crippen molar-refractivity contribution in [1.29, 1.82) is 0 Å². The molecule has 0 fully saturated rings. The van der Waals surface area contributed by atoms with Crippen LogP contribution in [0, 0.1) is 0 Å². The standard InChI is InChI=1S/C10H16BrNO5/c1-10(2,3)17-9(16)6-12(5-8(14)15)7(13)4-11/h4-6H2,1-3H3,(H,14,15). The number of halogens is 1. The minimum atomic E-state index is -1.18. The molecule has 0 aliphatic carbocycles. The molecule has 0 aliphatic rings. The molecule has 0 saturated heterocycles. The molecule has 1 amide bonds. The van der Waals surface area contributed by atoms with Crippen LogP contribution in [0.4, 0.5) is 0 Å². The van der Waals surface area contributed by atoms with E-state index in [4.69, 9.17) is 9.84 Å². The van der Waals surface area contributed by atoms with Crippen LogP contribution in [0.25, 0.3) is 0 Å². The highest BCUT2D eigenvalue weighted by Crippen LogP contribution is 2.07. The Bertz CT molecular complexity index is 310. The quantitative estimate of drug-likeness (QED) is 0.595. The van der Waals surface area contributed by atoms with E-state index in [9.17, 15) is 14.4 Å². The zero-order valence-corrected chi connectivity index (χ0v) is 11.6. The maximum absolute atomic E-state index is 11.4. The van der Waals surface area contributed by atoms with Crippen molar-refractivity contribution in [2.24, 2.45) is 0 Å². The number of hydrogen-bond donors (Lipinski definition) is 1. The van der Waals surface area contributed by atoms with Gasteiger partial charge in [0.2, 0.25) is 5.91 Å². The topological polar surface area (TPSA) is 83.9 Å². The third-order valence-electron chi connectivity index (χ3n) is 1.53. The Morgan fingerprint density at radius 1 is 1.24 bits per heavy atom. The number of aliphatic carboxylic acids is 1. The molecular weight excluding hydrogens is 294 g/mol. The molecule has 1 N–H and O–H groups in total. The average Bonchev–Trinajstić information content (AvgIpc) is 2.11. The number of nitrogens with zero attached hydrogens (tertiary/aromatic N) is 1. The number of carboxylic acid groups (broad SMARTS) is 1. The monoisotopic (exact) mass is 309 g/mol. The second-order valence-corrected chi connectivity index (χ2v) is 4.92. The molecule has 17 heavy (non-hydrogen) atoms. The fraction of sp³-hybridized carbons (Fsp3) is 0.700. The Morgan fingerprint density at radius 3 is 2.12 bits per heavy atom. The normalized spacial score (nSPS) is 10.8. The first-order chi connectivity index (χ1) is 7.65. The summed E-state index contributed by atoms with van der Waals surface area (Å²) in [5.74, 6) is -2.28. The number of rotatable bonds is 5. The number of carbonyl (C=O) groups is 3. The van der Waals surface area contributed by atoms with E-state index in [1.165, 1.54) is 0 Å². The number of alkyl halides is 1. The van der Waals surface area contributed by atoms with Crippen LogP contribution in [-0.2, 0) is 19.1 Å². The van der Waals surface area contributed by atoms with Crippen molar-refractivity contribution in [3.05, 3.63) is 0 Å². The summed E-state index contributed by atoms with van der Waals surface area (Å²) in [5, 5.41) is 8.57. The van der Waals surface area contributed by atoms with Gasteiger partial charge < -0.3 is 14.7 Å². The first kappa shape index (κ1) is 15.9. The van der Waals surface area contributed by atoms with Gasteiger partial charge in [-0.25, -0.2) is 0 Å². The van der Waals surface area contributed by atoms with Gasteiger partial charge in [0.05, 0.1) is 5.33 Å². The highest BCUT2D eigenvalue weighted by Gasteiger charge is 2.23. The number of ether oxygens (including phenoxy) is 1. The molecule has 98 valence electrons. The minimum Gasteiger partial charge on any atom is -0.480 e. The molecule has 0 aromatic heterocycles. The van der Waals surface area contributed by atoms with E-state index in [0.29, 0.717) is 0 Å². The SMILES string of the molecule is CC(C)(C)OC(=O)CN(CC(=O)O)C(=O)CBr. The van der Waals surface area contributed by atoms with Crippen LogP contribution in [0.1, 0.15) is 20.8 Å². The summed E-state index contributed by atoms with van der Waals surface area (Å²) < 4.78 is 5.00. The smallest absolute Gasteiger partial charge is 0.326 e. The molecule has 0 saturated carbocycles. The molecule has 0 aromatic rings. The Hall–Kier alpha value is -1.11. The molecule has 0 bridgehead atoms. The molecule has 7 heteroatoms. The number of hydrogen-bond acceptors (Lipinski definition) is 4. The van der Waals surface area contributed by atoms with Crippen molar-refractivity contribution in [1.82, 2.24) is 4.90 Å². The van der Waals surface area contributed by atoms with Crippen molar-refractivity contribution in [2.75, 3.05) is 18.4 Å². The fourth-order valence-electron chi connectivity index (χ4n) is 1.01. The average molecular weight is 310 g/mol. The van der Waals surface area contributed by atoms with E-state index in [-0.39, 0.29) is 11.9 Å². The Morgan fingerprint density at radius 2 is 1.76 bits per heavy atom. The van der Waals surface area contributed by atoms with E-state index in [2.05, 4.69) is 15.9 Å². The van der Waals surface area contributed by atoms with E-state index < -0.39 is 30.0 Å². The molecular formula is C10H16BrNO5. The lowest BCUT2D eigenvalue weighted by molar-refractivity contribution is -0.159. The van der Waals surface area contributed by atoms with Crippen LogP contribution in [0.3, 0.4) is 0 Å². The predicted octanol–water partition coefficient (Wildman–Crippen LogP) is 0.636. The van der Waals surface area contributed by atoms with Crippen LogP contribution < -0.4 is 0 Å². The first-order valence-corrected chi connectivity index (χ1v) is 6.05. The van der Waals surface area contributed by atoms with Gasteiger partial charge in [-0.15, -0.1) is 0 Å². The summed E-state index contributed by atoms with van der Waals surface area (Å²) in [5.41, 5.74) is -0.663. The predicted molar refractivity (Wildman–Crippen MR) is 63.9 cm³/mol. The minimum absolute atomic E-state index is 0.0386. The number of carboxylic acids is 1. The zero-order valence-electron chi connectivity index (χ0n) is 10.0. The van der Waals surface area contributed by atoms with Gasteiger partial charge in [0.1, 0.15) is 18.7 Å². The maximum atomic E-state index is 11.4. The molecule has 6 nitrogen and oxygen atoms in total. The van der Waals surface area contributed by atoms with Gasteiger partial charge in [-0.05, 0) is 20.8 Å². The van der Waals surface area contributed by atoms with Gasteiger partial charge >= 0.3 is 11.9 Å². The maximum Gasteiger partial charge on any atom is 0.326 e. The third kappa shape index (κ3) is 7.73. The highest BCUT2D eigenvalue weighted by atomic mass is 79.9. The van der Waals surface area contributed by atoms with E-state index >= 15 is 0 Å². The lowest BCUT2D eigenvalue weighted by atomic mass is 10.2. The van der Waals surface area contributed by atoms with Crippen molar-refractivity contribution in [2.45, 2.75) is 26.4 Å². The van der Waals surface area contributed by atoms with E-state index in [1.54, 1.807) is 20.8 Å². The zero-order chi connectivity index (χ0) is 13.6. The van der Waals surface area contributed by atoms with Gasteiger partial charge in [-0.3, -0.25) is 14.4 Å². The van der Waals surface area contributed by atoms with Crippen LogP contribution in [0.15, 0.2) is 0 Å². The Labute approximate surface area is 108 Å². The molecule has 0 atom stereocenters. The molecule has 0 radical (unpaired) electrons. The largest absolute Gasteiger partial charge is 0.480 e. The lowest BCUT2D eigenvalue weighted by Crippen LogP contribution is -2.42. The van der Waals surface area contributed by atoms with Gasteiger partial charge in [-0.1, -0.05) is 15.9 Å². The Kier molecular flexibility index (Phi) is 6.15. The molecule has 0 unspecified atom stereocenters. The summed E-state index contributed by atoms with van der Waals surface area (Å²) >= 11 is 2.92. The number of carbonyl (C=O) groups excluding carboxylic acids is 2. The van der Waals surface area contributed by atoms with Crippen molar-refractivity contribution < 1.29 is 24.2 Å². The van der Waals surface area contributed by atoms with Crippen molar-refractivity contribution in [3.8, 4) is 0 Å². The van der Waals surface area contributed by atoms with Gasteiger partial charge in [-0.2, -0.15) is 0 Å². The first-order valence-electron chi connectivity index (χ1n) is 4.93. The summed E-state index contributed by atoms with van der Waals surface area (Å²) in [6, 6.07) is 0. The number of esters is 1. The highest BCUT2D eigenvalue weighted by molar-refractivity contribution is 9.09. The van der Waals surface area contributed by atoms with Crippen molar-refractivity contribution in [3.63, 3.8) is 0 Å². The third-order valence-corrected chi connectivity index (χ3v) is 2.01. The molecule has 0 spiro atoms. The lowest BCUT2D eigenvalue weighted by Gasteiger charge is -2.23. The Balaban J connectivity index is 4.48. The summed E-state index contributed by atoms with van der Waals surface area (Å²) in [6.45, 7) is 4.19. The molecule has 0 aromatic carbocycles. The molecule has 0 aliphatic heterocycles. The second kappa shape index (κ2) is 6.58. The molecule has 0 heterocycles. The van der Waals surface area contributed by atoms with Crippen LogP contribution in [0.2, 0.25) is 0 Å². The van der Waals surface area contributed by atoms with E-state index in [1.807, 2.05) is 0 Å². The van der Waals surface area contributed by atoms with Crippen LogP contribution in [-0.4, -0.2) is 51.9 Å².